The number of ether oxygens (including phenoxy) is 1. The number of carbonyl (C=O) groups is 2. The molecule has 1 unspecified atom stereocenters. The predicted molar refractivity (Wildman–Crippen MR) is 89.1 cm³/mol. The fraction of sp³-hybridized carbons (Fsp3) is 0.500. The van der Waals surface area contributed by atoms with Gasteiger partial charge < -0.3 is 9.64 Å². The number of carbonyl (C=O) groups excluding carboxylic acids is 2. The minimum atomic E-state index is -0.254. The van der Waals surface area contributed by atoms with E-state index in [-0.39, 0.29) is 17.9 Å². The Labute approximate surface area is 140 Å². The first-order valence-electron chi connectivity index (χ1n) is 7.31. The number of benzene rings is 1. The molecule has 0 aliphatic carbocycles. The second-order valence-electron chi connectivity index (χ2n) is 5.18. The number of nitrogens with zero attached hydrogens (tertiary/aromatic N) is 1. The van der Waals surface area contributed by atoms with E-state index in [1.165, 1.54) is 18.9 Å². The molecule has 22 heavy (non-hydrogen) atoms. The lowest BCUT2D eigenvalue weighted by Crippen LogP contribution is -2.30. The van der Waals surface area contributed by atoms with Gasteiger partial charge in [-0.05, 0) is 30.5 Å². The summed E-state index contributed by atoms with van der Waals surface area (Å²) in [5.74, 6) is 0.809. The lowest BCUT2D eigenvalue weighted by atomic mass is 10.0. The van der Waals surface area contributed by atoms with Crippen molar-refractivity contribution in [2.75, 3.05) is 25.2 Å². The summed E-state index contributed by atoms with van der Waals surface area (Å²) in [5.41, 5.74) is 1.10. The van der Waals surface area contributed by atoms with Gasteiger partial charge in [-0.25, -0.2) is 0 Å². The number of rotatable bonds is 6. The molecule has 1 saturated heterocycles. The summed E-state index contributed by atoms with van der Waals surface area (Å²) in [6.07, 6.45) is 2.43. The molecule has 0 radical (unpaired) electrons. The monoisotopic (exact) mass is 341 g/mol. The Hall–Kier alpha value is -1.20. The number of esters is 1. The van der Waals surface area contributed by atoms with Crippen LogP contribution in [0.5, 0.6) is 0 Å². The third-order valence-corrected chi connectivity index (χ3v) is 4.88. The lowest BCUT2D eigenvalue weighted by Gasteiger charge is -2.25. The minimum absolute atomic E-state index is 0.122. The van der Waals surface area contributed by atoms with Crippen molar-refractivity contribution in [2.24, 2.45) is 0 Å². The Morgan fingerprint density at radius 3 is 3.00 bits per heavy atom. The maximum Gasteiger partial charge on any atom is 0.315 e. The van der Waals surface area contributed by atoms with Gasteiger partial charge in [-0.15, -0.1) is 11.8 Å². The second kappa shape index (κ2) is 8.44. The summed E-state index contributed by atoms with van der Waals surface area (Å²) in [6.45, 7) is 0.789. The van der Waals surface area contributed by atoms with Gasteiger partial charge in [-0.3, -0.25) is 9.59 Å². The number of thioether (sulfide) groups is 1. The maximum absolute atomic E-state index is 12.4. The Morgan fingerprint density at radius 1 is 1.45 bits per heavy atom. The van der Waals surface area contributed by atoms with Crippen LogP contribution >= 0.6 is 23.4 Å². The normalized spacial score (nSPS) is 17.5. The first-order valence-corrected chi connectivity index (χ1v) is 8.84. The highest BCUT2D eigenvalue weighted by molar-refractivity contribution is 7.99. The van der Waals surface area contributed by atoms with Gasteiger partial charge >= 0.3 is 5.97 Å². The van der Waals surface area contributed by atoms with E-state index in [2.05, 4.69) is 4.74 Å². The molecule has 1 fully saturated rings. The summed E-state index contributed by atoms with van der Waals surface area (Å²) in [4.78, 5) is 25.4. The van der Waals surface area contributed by atoms with Gasteiger partial charge in [0, 0.05) is 23.7 Å². The molecule has 0 saturated carbocycles. The van der Waals surface area contributed by atoms with Gasteiger partial charge in [0.2, 0.25) is 5.91 Å². The molecule has 0 aromatic heterocycles. The molecule has 6 heteroatoms. The molecular weight excluding hydrogens is 322 g/mol. The number of halogens is 1. The van der Waals surface area contributed by atoms with Crippen LogP contribution in [-0.4, -0.2) is 41.9 Å². The summed E-state index contributed by atoms with van der Waals surface area (Å²) < 4.78 is 4.58. The van der Waals surface area contributed by atoms with Crippen molar-refractivity contribution >= 4 is 35.2 Å². The van der Waals surface area contributed by atoms with Crippen molar-refractivity contribution < 1.29 is 14.3 Å². The van der Waals surface area contributed by atoms with E-state index in [4.69, 9.17) is 11.6 Å². The van der Waals surface area contributed by atoms with Crippen LogP contribution in [0.1, 0.15) is 30.9 Å². The standard InChI is InChI=1S/C16H20ClNO3S/c1-21-16(20)11-22-9-7-15(19)18-8-3-6-14(18)12-4-2-5-13(17)10-12/h2,4-5,10,14H,3,6-9,11H2,1H3. The molecule has 0 spiro atoms. The zero-order valence-electron chi connectivity index (χ0n) is 12.6. The molecule has 1 aromatic carbocycles. The molecule has 4 nitrogen and oxygen atoms in total. The summed E-state index contributed by atoms with van der Waals surface area (Å²) >= 11 is 7.48. The average Bonchev–Trinajstić information content (AvgIpc) is 3.00. The summed E-state index contributed by atoms with van der Waals surface area (Å²) in [6, 6.07) is 7.84. The minimum Gasteiger partial charge on any atom is -0.468 e. The van der Waals surface area contributed by atoms with Crippen molar-refractivity contribution in [3.8, 4) is 0 Å². The first-order chi connectivity index (χ1) is 10.6. The third kappa shape index (κ3) is 4.65. The largest absolute Gasteiger partial charge is 0.468 e. The van der Waals surface area contributed by atoms with Gasteiger partial charge in [0.05, 0.1) is 18.9 Å². The number of hydrogen-bond acceptors (Lipinski definition) is 4. The van der Waals surface area contributed by atoms with Crippen molar-refractivity contribution in [1.82, 2.24) is 4.90 Å². The number of methoxy groups -OCH3 is 1. The molecule has 1 amide bonds. The quantitative estimate of drug-likeness (QED) is 0.588. The molecule has 120 valence electrons. The Kier molecular flexibility index (Phi) is 6.58. The highest BCUT2D eigenvalue weighted by atomic mass is 35.5. The average molecular weight is 342 g/mol. The van der Waals surface area contributed by atoms with Crippen LogP contribution in [0.3, 0.4) is 0 Å². The van der Waals surface area contributed by atoms with Gasteiger partial charge in [0.15, 0.2) is 0 Å². The first kappa shape index (κ1) is 17.2. The fourth-order valence-electron chi connectivity index (χ4n) is 2.64. The second-order valence-corrected chi connectivity index (χ2v) is 6.72. The molecule has 1 aliphatic rings. The smallest absolute Gasteiger partial charge is 0.315 e. The molecular formula is C16H20ClNO3S. The zero-order valence-corrected chi connectivity index (χ0v) is 14.2. The Morgan fingerprint density at radius 2 is 2.27 bits per heavy atom. The van der Waals surface area contributed by atoms with Gasteiger partial charge in [-0.2, -0.15) is 0 Å². The van der Waals surface area contributed by atoms with E-state index in [1.807, 2.05) is 29.2 Å². The number of hydrogen-bond donors (Lipinski definition) is 0. The van der Waals surface area contributed by atoms with Crippen LogP contribution in [0.4, 0.5) is 0 Å². The van der Waals surface area contributed by atoms with Crippen molar-refractivity contribution in [3.05, 3.63) is 34.9 Å². The van der Waals surface area contributed by atoms with E-state index in [9.17, 15) is 9.59 Å². The van der Waals surface area contributed by atoms with Gasteiger partial charge in [0.25, 0.3) is 0 Å². The van der Waals surface area contributed by atoms with Crippen LogP contribution in [0.15, 0.2) is 24.3 Å². The van der Waals surface area contributed by atoms with Gasteiger partial charge in [0.1, 0.15) is 0 Å². The van der Waals surface area contributed by atoms with Crippen LogP contribution in [0, 0.1) is 0 Å². The molecule has 2 rings (SSSR count). The SMILES string of the molecule is COC(=O)CSCCC(=O)N1CCCC1c1cccc(Cl)c1. The molecule has 1 atom stereocenters. The van der Waals surface area contributed by atoms with E-state index in [0.717, 1.165) is 24.9 Å². The third-order valence-electron chi connectivity index (χ3n) is 3.71. The Balaban J connectivity index is 1.87. The van der Waals surface area contributed by atoms with E-state index >= 15 is 0 Å². The maximum atomic E-state index is 12.4. The molecule has 1 heterocycles. The predicted octanol–water partition coefficient (Wildman–Crippen LogP) is 3.30. The van der Waals surface area contributed by atoms with Crippen LogP contribution in [0.25, 0.3) is 0 Å². The van der Waals surface area contributed by atoms with E-state index in [0.29, 0.717) is 22.9 Å². The number of likely N-dealkylation sites (tertiary alicyclic amines) is 1. The molecule has 0 N–H and O–H groups in total. The molecule has 1 aromatic rings. The van der Waals surface area contributed by atoms with Crippen LogP contribution < -0.4 is 0 Å². The lowest BCUT2D eigenvalue weighted by molar-refractivity contribution is -0.137. The summed E-state index contributed by atoms with van der Waals surface area (Å²) in [7, 11) is 1.37. The van der Waals surface area contributed by atoms with Crippen LogP contribution in [0.2, 0.25) is 5.02 Å². The molecule has 1 aliphatic heterocycles. The zero-order chi connectivity index (χ0) is 15.9. The highest BCUT2D eigenvalue weighted by Crippen LogP contribution is 2.33. The van der Waals surface area contributed by atoms with Crippen LogP contribution in [-0.2, 0) is 14.3 Å². The van der Waals surface area contributed by atoms with Crippen molar-refractivity contribution in [2.45, 2.75) is 25.3 Å². The van der Waals surface area contributed by atoms with Crippen molar-refractivity contribution in [3.63, 3.8) is 0 Å². The molecule has 0 bridgehead atoms. The fourth-order valence-corrected chi connectivity index (χ4v) is 3.59. The number of amides is 1. The van der Waals surface area contributed by atoms with E-state index in [1.54, 1.807) is 0 Å². The van der Waals surface area contributed by atoms with E-state index < -0.39 is 0 Å². The van der Waals surface area contributed by atoms with Crippen molar-refractivity contribution in [1.29, 1.82) is 0 Å². The highest BCUT2D eigenvalue weighted by Gasteiger charge is 2.29. The van der Waals surface area contributed by atoms with Gasteiger partial charge in [-0.1, -0.05) is 23.7 Å². The topological polar surface area (TPSA) is 46.6 Å². The Bertz CT molecular complexity index is 538. The summed E-state index contributed by atoms with van der Waals surface area (Å²) in [5, 5.41) is 0.699.